The minimum Gasteiger partial charge on any atom is -0.457 e. The summed E-state index contributed by atoms with van der Waals surface area (Å²) < 4.78 is 5.84. The van der Waals surface area contributed by atoms with Crippen molar-refractivity contribution in [2.24, 2.45) is 0 Å². The smallest absolute Gasteiger partial charge is 0.271 e. The van der Waals surface area contributed by atoms with Gasteiger partial charge in [0.2, 0.25) is 0 Å². The maximum atomic E-state index is 12.9. The van der Waals surface area contributed by atoms with Gasteiger partial charge in [0.25, 0.3) is 17.5 Å². The molecule has 0 radical (unpaired) electrons. The minimum absolute atomic E-state index is 0.155. The molecule has 144 valence electrons. The van der Waals surface area contributed by atoms with Gasteiger partial charge in [0.15, 0.2) is 0 Å². The summed E-state index contributed by atoms with van der Waals surface area (Å²) in [6, 6.07) is 15.8. The fraction of sp³-hybridized carbons (Fsp3) is 0.0909. The molecule has 1 aliphatic heterocycles. The predicted molar refractivity (Wildman–Crippen MR) is 107 cm³/mol. The molecule has 29 heavy (non-hydrogen) atoms. The van der Waals surface area contributed by atoms with E-state index in [1.54, 1.807) is 6.07 Å². The topological polar surface area (TPSA) is 89.8 Å². The van der Waals surface area contributed by atoms with Crippen LogP contribution in [0.4, 0.5) is 11.4 Å². The van der Waals surface area contributed by atoms with Gasteiger partial charge in [-0.25, -0.2) is 4.90 Å². The standard InChI is InChI=1S/C22H16N2O5/c1-13-6-7-17(10-14(13)2)29-18-8-9-19-20(12-18)22(26)23(21(19)25)15-4-3-5-16(11-15)24(27)28/h3-12H,1-2H3. The highest BCUT2D eigenvalue weighted by Gasteiger charge is 2.37. The van der Waals surface area contributed by atoms with Crippen LogP contribution in [0.5, 0.6) is 11.5 Å². The maximum absolute atomic E-state index is 12.9. The van der Waals surface area contributed by atoms with Crippen LogP contribution in [-0.4, -0.2) is 16.7 Å². The Balaban J connectivity index is 1.66. The van der Waals surface area contributed by atoms with Crippen molar-refractivity contribution in [2.75, 3.05) is 4.90 Å². The zero-order valence-electron chi connectivity index (χ0n) is 15.7. The third kappa shape index (κ3) is 3.23. The fourth-order valence-electron chi connectivity index (χ4n) is 3.18. The van der Waals surface area contributed by atoms with Crippen molar-refractivity contribution in [1.82, 2.24) is 0 Å². The molecule has 4 rings (SSSR count). The molecule has 0 fully saturated rings. The second-order valence-corrected chi connectivity index (χ2v) is 6.78. The second kappa shape index (κ2) is 6.87. The van der Waals surface area contributed by atoms with Gasteiger partial charge >= 0.3 is 0 Å². The van der Waals surface area contributed by atoms with Crippen LogP contribution in [-0.2, 0) is 0 Å². The van der Waals surface area contributed by atoms with Gasteiger partial charge < -0.3 is 4.74 Å². The number of anilines is 1. The molecule has 0 aliphatic carbocycles. The number of nitrogens with zero attached hydrogens (tertiary/aromatic N) is 2. The molecule has 0 atom stereocenters. The van der Waals surface area contributed by atoms with Crippen LogP contribution in [0.3, 0.4) is 0 Å². The van der Waals surface area contributed by atoms with Crippen molar-refractivity contribution in [2.45, 2.75) is 13.8 Å². The first-order valence-corrected chi connectivity index (χ1v) is 8.87. The molecule has 0 saturated carbocycles. The van der Waals surface area contributed by atoms with Gasteiger partial charge in [-0.1, -0.05) is 12.1 Å². The van der Waals surface area contributed by atoms with E-state index < -0.39 is 16.7 Å². The molecule has 0 aromatic heterocycles. The lowest BCUT2D eigenvalue weighted by Crippen LogP contribution is -2.29. The van der Waals surface area contributed by atoms with Crippen LogP contribution in [0.25, 0.3) is 0 Å². The van der Waals surface area contributed by atoms with E-state index in [9.17, 15) is 19.7 Å². The average molecular weight is 388 g/mol. The molecular weight excluding hydrogens is 372 g/mol. The Kier molecular flexibility index (Phi) is 4.35. The molecule has 0 unspecified atom stereocenters. The first-order chi connectivity index (χ1) is 13.8. The molecule has 2 amide bonds. The molecule has 7 nitrogen and oxygen atoms in total. The number of hydrogen-bond acceptors (Lipinski definition) is 5. The maximum Gasteiger partial charge on any atom is 0.271 e. The van der Waals surface area contributed by atoms with Gasteiger partial charge in [-0.05, 0) is 61.4 Å². The van der Waals surface area contributed by atoms with E-state index in [4.69, 9.17) is 4.74 Å². The normalized spacial score (nSPS) is 12.8. The van der Waals surface area contributed by atoms with Crippen LogP contribution >= 0.6 is 0 Å². The number of imide groups is 1. The average Bonchev–Trinajstić information content (AvgIpc) is 2.95. The Bertz CT molecular complexity index is 1190. The van der Waals surface area contributed by atoms with E-state index >= 15 is 0 Å². The summed E-state index contributed by atoms with van der Waals surface area (Å²) in [5.74, 6) is -0.0197. The SMILES string of the molecule is Cc1ccc(Oc2ccc3c(c2)C(=O)N(c2cccc([N+](=O)[O-])c2)C3=O)cc1C. The number of nitro benzene ring substituents is 1. The van der Waals surface area contributed by atoms with E-state index in [1.807, 2.05) is 32.0 Å². The Morgan fingerprint density at radius 1 is 0.828 bits per heavy atom. The largest absolute Gasteiger partial charge is 0.457 e. The summed E-state index contributed by atoms with van der Waals surface area (Å²) in [6.45, 7) is 3.98. The van der Waals surface area contributed by atoms with Gasteiger partial charge in [-0.3, -0.25) is 19.7 Å². The Labute approximate surface area is 166 Å². The van der Waals surface area contributed by atoms with Crippen molar-refractivity contribution < 1.29 is 19.2 Å². The number of nitro groups is 1. The van der Waals surface area contributed by atoms with E-state index in [1.165, 1.54) is 36.4 Å². The quantitative estimate of drug-likeness (QED) is 0.364. The predicted octanol–water partition coefficient (Wildman–Crippen LogP) is 4.80. The molecule has 3 aromatic carbocycles. The minimum atomic E-state index is -0.572. The summed E-state index contributed by atoms with van der Waals surface area (Å²) in [5.41, 5.74) is 2.60. The van der Waals surface area contributed by atoms with Crippen molar-refractivity contribution in [1.29, 1.82) is 0 Å². The second-order valence-electron chi connectivity index (χ2n) is 6.78. The highest BCUT2D eigenvalue weighted by Crippen LogP contribution is 2.33. The fourth-order valence-corrected chi connectivity index (χ4v) is 3.18. The molecule has 1 heterocycles. The number of ether oxygens (including phenoxy) is 1. The van der Waals surface area contributed by atoms with Gasteiger partial charge in [0, 0.05) is 12.1 Å². The molecular formula is C22H16N2O5. The van der Waals surface area contributed by atoms with Crippen LogP contribution in [0.2, 0.25) is 0 Å². The lowest BCUT2D eigenvalue weighted by Gasteiger charge is -2.13. The van der Waals surface area contributed by atoms with Crippen LogP contribution in [0, 0.1) is 24.0 Å². The van der Waals surface area contributed by atoms with Crippen LogP contribution in [0.1, 0.15) is 31.8 Å². The van der Waals surface area contributed by atoms with Crippen molar-refractivity contribution in [3.8, 4) is 11.5 Å². The Morgan fingerprint density at radius 2 is 1.52 bits per heavy atom. The van der Waals surface area contributed by atoms with Gasteiger partial charge in [0.05, 0.1) is 21.7 Å². The first kappa shape index (κ1) is 18.4. The molecule has 3 aromatic rings. The van der Waals surface area contributed by atoms with Gasteiger partial charge in [0.1, 0.15) is 11.5 Å². The number of amides is 2. The number of hydrogen-bond donors (Lipinski definition) is 0. The highest BCUT2D eigenvalue weighted by molar-refractivity contribution is 6.34. The summed E-state index contributed by atoms with van der Waals surface area (Å²) in [4.78, 5) is 37.0. The molecule has 0 spiro atoms. The molecule has 0 bridgehead atoms. The highest BCUT2D eigenvalue weighted by atomic mass is 16.6. The van der Waals surface area contributed by atoms with Gasteiger partial charge in [-0.15, -0.1) is 0 Å². The summed E-state index contributed by atoms with van der Waals surface area (Å²) in [6.07, 6.45) is 0. The van der Waals surface area contributed by atoms with Crippen LogP contribution < -0.4 is 9.64 Å². The lowest BCUT2D eigenvalue weighted by molar-refractivity contribution is -0.384. The third-order valence-electron chi connectivity index (χ3n) is 4.87. The number of carbonyl (C=O) groups is 2. The number of aryl methyl sites for hydroxylation is 2. The third-order valence-corrected chi connectivity index (χ3v) is 4.87. The Morgan fingerprint density at radius 3 is 2.24 bits per heavy atom. The van der Waals surface area contributed by atoms with E-state index in [0.717, 1.165) is 16.0 Å². The number of benzene rings is 3. The number of rotatable bonds is 4. The van der Waals surface area contributed by atoms with Crippen molar-refractivity contribution >= 4 is 23.2 Å². The zero-order valence-corrected chi connectivity index (χ0v) is 15.7. The van der Waals surface area contributed by atoms with E-state index in [2.05, 4.69) is 0 Å². The van der Waals surface area contributed by atoms with E-state index in [-0.39, 0.29) is 22.5 Å². The van der Waals surface area contributed by atoms with Gasteiger partial charge in [-0.2, -0.15) is 0 Å². The lowest BCUT2D eigenvalue weighted by atomic mass is 10.1. The first-order valence-electron chi connectivity index (χ1n) is 8.87. The zero-order chi connectivity index (χ0) is 20.7. The monoisotopic (exact) mass is 388 g/mol. The molecule has 7 heteroatoms. The summed E-state index contributed by atoms with van der Waals surface area (Å²) in [7, 11) is 0. The number of carbonyl (C=O) groups excluding carboxylic acids is 2. The van der Waals surface area contributed by atoms with Crippen molar-refractivity contribution in [3.05, 3.63) is 93.0 Å². The summed E-state index contributed by atoms with van der Waals surface area (Å²) >= 11 is 0. The van der Waals surface area contributed by atoms with E-state index in [0.29, 0.717) is 11.5 Å². The van der Waals surface area contributed by atoms with Crippen molar-refractivity contribution in [3.63, 3.8) is 0 Å². The summed E-state index contributed by atoms with van der Waals surface area (Å²) in [5, 5.41) is 11.0. The number of non-ortho nitro benzene ring substituents is 1. The molecule has 0 N–H and O–H groups in total. The number of fused-ring (bicyclic) bond motifs is 1. The Hall–Kier alpha value is -4.00. The van der Waals surface area contributed by atoms with Crippen LogP contribution in [0.15, 0.2) is 60.7 Å². The molecule has 0 saturated heterocycles. The molecule has 1 aliphatic rings.